The molecule has 0 amide bonds. The van der Waals surface area contributed by atoms with E-state index in [0.29, 0.717) is 6.54 Å². The molecule has 0 fully saturated rings. The van der Waals surface area contributed by atoms with Crippen LogP contribution >= 0.6 is 0 Å². The van der Waals surface area contributed by atoms with Crippen molar-refractivity contribution >= 4 is 12.0 Å². The zero-order valence-corrected chi connectivity index (χ0v) is 6.45. The summed E-state index contributed by atoms with van der Waals surface area (Å²) in [6.45, 7) is 0.435. The Labute approximate surface area is 66.4 Å². The Hall–Kier alpha value is -1.31. The van der Waals surface area contributed by atoms with Gasteiger partial charge in [-0.3, -0.25) is 0 Å². The van der Waals surface area contributed by atoms with Gasteiger partial charge in [0.15, 0.2) is 0 Å². The topological polar surface area (TPSA) is 20.3 Å². The van der Waals surface area contributed by atoms with Crippen LogP contribution in [0.25, 0.3) is 0 Å². The van der Waals surface area contributed by atoms with Gasteiger partial charge in [0.2, 0.25) is 0 Å². The van der Waals surface area contributed by atoms with Crippen molar-refractivity contribution in [1.29, 1.82) is 0 Å². The van der Waals surface area contributed by atoms with Crippen molar-refractivity contribution in [1.82, 2.24) is 0 Å². The lowest BCUT2D eigenvalue weighted by atomic mass is 10.3. The van der Waals surface area contributed by atoms with Crippen LogP contribution in [0.15, 0.2) is 24.3 Å². The Kier molecular flexibility index (Phi) is 2.66. The Morgan fingerprint density at radius 1 is 1.55 bits per heavy atom. The van der Waals surface area contributed by atoms with Crippen molar-refractivity contribution in [3.8, 4) is 0 Å². The van der Waals surface area contributed by atoms with Crippen LogP contribution in [0.4, 0.5) is 5.69 Å². The lowest BCUT2D eigenvalue weighted by Crippen LogP contribution is -2.18. The van der Waals surface area contributed by atoms with Crippen molar-refractivity contribution in [2.45, 2.75) is 0 Å². The molecule has 0 aliphatic carbocycles. The van der Waals surface area contributed by atoms with Crippen LogP contribution in [0.3, 0.4) is 0 Å². The number of hydrogen-bond donors (Lipinski definition) is 0. The fourth-order valence-corrected chi connectivity index (χ4v) is 0.850. The molecule has 0 heterocycles. The molecule has 0 bridgehead atoms. The monoisotopic (exact) mass is 148 g/mol. The minimum Gasteiger partial charge on any atom is -0.368 e. The first-order chi connectivity index (χ1) is 5.34. The van der Waals surface area contributed by atoms with E-state index in [4.69, 9.17) is 0 Å². The quantitative estimate of drug-likeness (QED) is 0.599. The van der Waals surface area contributed by atoms with Gasteiger partial charge in [0, 0.05) is 12.7 Å². The number of carbonyl (C=O) groups excluding carboxylic acids is 1. The van der Waals surface area contributed by atoms with E-state index in [1.807, 2.05) is 36.2 Å². The number of benzene rings is 1. The van der Waals surface area contributed by atoms with Crippen LogP contribution in [0.1, 0.15) is 0 Å². The molecular formula is C9H10NO. The summed E-state index contributed by atoms with van der Waals surface area (Å²) >= 11 is 0. The van der Waals surface area contributed by atoms with E-state index in [0.717, 1.165) is 12.0 Å². The lowest BCUT2D eigenvalue weighted by molar-refractivity contribution is -0.106. The van der Waals surface area contributed by atoms with Gasteiger partial charge in [-0.15, -0.1) is 0 Å². The van der Waals surface area contributed by atoms with E-state index in [2.05, 4.69) is 6.07 Å². The molecule has 0 saturated heterocycles. The number of anilines is 1. The van der Waals surface area contributed by atoms with Gasteiger partial charge in [-0.1, -0.05) is 12.1 Å². The fraction of sp³-hybridized carbons (Fsp3) is 0.222. The Morgan fingerprint density at radius 3 is 2.73 bits per heavy atom. The molecule has 2 nitrogen and oxygen atoms in total. The Morgan fingerprint density at radius 2 is 2.18 bits per heavy atom. The third-order valence-electron chi connectivity index (χ3n) is 1.49. The standard InChI is InChI=1S/C9H10NO/c1-10(7-8-11)9-5-3-2-4-6-9/h3-6,8H,7H2,1H3. The second kappa shape index (κ2) is 3.76. The maximum absolute atomic E-state index is 10.1. The minimum atomic E-state index is 0.435. The molecule has 2 heteroatoms. The average molecular weight is 148 g/mol. The molecular weight excluding hydrogens is 138 g/mol. The SMILES string of the molecule is CN(CC=O)c1cc[c]cc1. The molecule has 0 N–H and O–H groups in total. The highest BCUT2D eigenvalue weighted by Crippen LogP contribution is 2.08. The third-order valence-corrected chi connectivity index (χ3v) is 1.49. The molecule has 1 aromatic carbocycles. The van der Waals surface area contributed by atoms with Gasteiger partial charge >= 0.3 is 0 Å². The van der Waals surface area contributed by atoms with Crippen LogP contribution in [0, 0.1) is 6.07 Å². The van der Waals surface area contributed by atoms with Crippen molar-refractivity contribution in [3.05, 3.63) is 30.3 Å². The number of rotatable bonds is 3. The molecule has 57 valence electrons. The van der Waals surface area contributed by atoms with Crippen LogP contribution in [-0.4, -0.2) is 19.9 Å². The number of nitrogens with zero attached hydrogens (tertiary/aromatic N) is 1. The summed E-state index contributed by atoms with van der Waals surface area (Å²) in [6.07, 6.45) is 0.886. The van der Waals surface area contributed by atoms with Crippen molar-refractivity contribution in [2.75, 3.05) is 18.5 Å². The first-order valence-corrected chi connectivity index (χ1v) is 3.45. The second-order valence-corrected chi connectivity index (χ2v) is 2.31. The predicted molar refractivity (Wildman–Crippen MR) is 44.6 cm³/mol. The minimum absolute atomic E-state index is 0.435. The summed E-state index contributed by atoms with van der Waals surface area (Å²) in [5, 5.41) is 0. The van der Waals surface area contributed by atoms with Crippen LogP contribution < -0.4 is 4.90 Å². The van der Waals surface area contributed by atoms with Crippen LogP contribution in [-0.2, 0) is 4.79 Å². The number of hydrogen-bond acceptors (Lipinski definition) is 2. The molecule has 0 atom stereocenters. The number of aldehydes is 1. The normalized spacial score (nSPS) is 9.18. The van der Waals surface area contributed by atoms with Crippen molar-refractivity contribution in [2.24, 2.45) is 0 Å². The molecule has 0 saturated carbocycles. The number of likely N-dealkylation sites (N-methyl/N-ethyl adjacent to an activating group) is 1. The predicted octanol–water partition coefficient (Wildman–Crippen LogP) is 1.12. The molecule has 0 spiro atoms. The fourth-order valence-electron chi connectivity index (χ4n) is 0.850. The summed E-state index contributed by atoms with van der Waals surface area (Å²) in [5.74, 6) is 0. The van der Waals surface area contributed by atoms with Gasteiger partial charge in [0.05, 0.1) is 6.54 Å². The molecule has 0 aromatic heterocycles. The van der Waals surface area contributed by atoms with E-state index in [1.54, 1.807) is 0 Å². The summed E-state index contributed by atoms with van der Waals surface area (Å²) in [4.78, 5) is 12.0. The summed E-state index contributed by atoms with van der Waals surface area (Å²) in [6, 6.07) is 10.4. The third kappa shape index (κ3) is 2.08. The van der Waals surface area contributed by atoms with Gasteiger partial charge in [0.1, 0.15) is 6.29 Å². The van der Waals surface area contributed by atoms with Gasteiger partial charge in [-0.25, -0.2) is 0 Å². The molecule has 0 aliphatic rings. The zero-order valence-electron chi connectivity index (χ0n) is 6.45. The summed E-state index contributed by atoms with van der Waals surface area (Å²) in [7, 11) is 1.88. The second-order valence-electron chi connectivity index (χ2n) is 2.31. The van der Waals surface area contributed by atoms with Crippen LogP contribution in [0.2, 0.25) is 0 Å². The highest BCUT2D eigenvalue weighted by Gasteiger charge is 1.95. The van der Waals surface area contributed by atoms with E-state index >= 15 is 0 Å². The smallest absolute Gasteiger partial charge is 0.139 e. The number of carbonyl (C=O) groups is 1. The van der Waals surface area contributed by atoms with Crippen molar-refractivity contribution in [3.63, 3.8) is 0 Å². The molecule has 1 rings (SSSR count). The summed E-state index contributed by atoms with van der Waals surface area (Å²) < 4.78 is 0. The highest BCUT2D eigenvalue weighted by molar-refractivity contribution is 5.60. The van der Waals surface area contributed by atoms with Gasteiger partial charge in [-0.05, 0) is 18.2 Å². The Balaban J connectivity index is 2.68. The lowest BCUT2D eigenvalue weighted by Gasteiger charge is -2.14. The van der Waals surface area contributed by atoms with E-state index in [-0.39, 0.29) is 0 Å². The van der Waals surface area contributed by atoms with E-state index < -0.39 is 0 Å². The first kappa shape index (κ1) is 7.79. The molecule has 0 aliphatic heterocycles. The van der Waals surface area contributed by atoms with Gasteiger partial charge in [0.25, 0.3) is 0 Å². The Bertz CT molecular complexity index is 220. The molecule has 1 aromatic rings. The van der Waals surface area contributed by atoms with Crippen LogP contribution in [0.5, 0.6) is 0 Å². The largest absolute Gasteiger partial charge is 0.368 e. The maximum Gasteiger partial charge on any atom is 0.139 e. The van der Waals surface area contributed by atoms with E-state index in [1.165, 1.54) is 0 Å². The van der Waals surface area contributed by atoms with E-state index in [9.17, 15) is 4.79 Å². The first-order valence-electron chi connectivity index (χ1n) is 3.45. The maximum atomic E-state index is 10.1. The average Bonchev–Trinajstić information content (AvgIpc) is 2.07. The summed E-state index contributed by atoms with van der Waals surface area (Å²) in [5.41, 5.74) is 1.04. The van der Waals surface area contributed by atoms with Crippen molar-refractivity contribution < 1.29 is 4.79 Å². The highest BCUT2D eigenvalue weighted by atomic mass is 16.1. The van der Waals surface area contributed by atoms with Gasteiger partial charge < -0.3 is 9.69 Å². The zero-order chi connectivity index (χ0) is 8.10. The molecule has 1 radical (unpaired) electrons. The molecule has 11 heavy (non-hydrogen) atoms. The molecule has 0 unspecified atom stereocenters. The van der Waals surface area contributed by atoms with Gasteiger partial charge in [-0.2, -0.15) is 0 Å².